The molecule has 4 fully saturated rings. The van der Waals surface area contributed by atoms with Gasteiger partial charge in [0.1, 0.15) is 35.2 Å². The van der Waals surface area contributed by atoms with Gasteiger partial charge in [-0.15, -0.1) is 6.58 Å². The fourth-order valence-electron chi connectivity index (χ4n) is 7.71. The van der Waals surface area contributed by atoms with Gasteiger partial charge in [-0.3, -0.25) is 19.1 Å². The maximum absolute atomic E-state index is 13.7. The number of oxime groups is 1. The molecular formula is C38H52IN5O9S. The lowest BCUT2D eigenvalue weighted by Gasteiger charge is -2.29. The third-order valence-corrected chi connectivity index (χ3v) is 13.9. The number of amides is 4. The summed E-state index contributed by atoms with van der Waals surface area (Å²) in [4.78, 5) is 54.8. The summed E-state index contributed by atoms with van der Waals surface area (Å²) in [6, 6.07) is 5.54. The van der Waals surface area contributed by atoms with Crippen LogP contribution in [0.4, 0.5) is 4.79 Å². The van der Waals surface area contributed by atoms with Crippen LogP contribution in [-0.2, 0) is 29.1 Å². The minimum absolute atomic E-state index is 0.0727. The highest BCUT2D eigenvalue weighted by Gasteiger charge is 2.62. The van der Waals surface area contributed by atoms with Gasteiger partial charge < -0.3 is 30.6 Å². The second-order valence-electron chi connectivity index (χ2n) is 14.8. The molecule has 6 atom stereocenters. The first-order valence-corrected chi connectivity index (χ1v) is 21.6. The Morgan fingerprint density at radius 3 is 2.54 bits per heavy atom. The summed E-state index contributed by atoms with van der Waals surface area (Å²) in [7, 11) is -3.80. The van der Waals surface area contributed by atoms with E-state index in [2.05, 4.69) is 49.7 Å². The van der Waals surface area contributed by atoms with E-state index in [1.54, 1.807) is 6.08 Å². The van der Waals surface area contributed by atoms with Crippen molar-refractivity contribution in [2.24, 2.45) is 17.0 Å². The van der Waals surface area contributed by atoms with Gasteiger partial charge in [0.25, 0.3) is 5.91 Å². The summed E-state index contributed by atoms with van der Waals surface area (Å²) < 4.78 is 33.9. The normalized spacial score (nSPS) is 26.1. The number of ether oxygens (including phenoxy) is 1. The molecule has 14 nitrogen and oxygen atoms in total. The van der Waals surface area contributed by atoms with E-state index in [1.807, 2.05) is 31.2 Å². The van der Waals surface area contributed by atoms with Crippen LogP contribution < -0.4 is 15.4 Å². The Morgan fingerprint density at radius 1 is 1.11 bits per heavy atom. The predicted molar refractivity (Wildman–Crippen MR) is 211 cm³/mol. The highest BCUT2D eigenvalue weighted by atomic mass is 127. The number of carbonyl (C=O) groups excluding carboxylic acids is 4. The van der Waals surface area contributed by atoms with Crippen LogP contribution in [0.2, 0.25) is 0 Å². The van der Waals surface area contributed by atoms with Crippen molar-refractivity contribution >= 4 is 68.2 Å². The molecule has 4 aliphatic rings. The molecule has 1 aliphatic heterocycles. The van der Waals surface area contributed by atoms with Gasteiger partial charge in [-0.25, -0.2) is 13.2 Å². The van der Waals surface area contributed by atoms with Gasteiger partial charge in [0.2, 0.25) is 21.8 Å². The molecule has 4 amide bonds. The molecule has 5 N–H and O–H groups in total. The fraction of sp³-hybridized carbons (Fsp3) is 0.605. The van der Waals surface area contributed by atoms with Crippen molar-refractivity contribution in [3.8, 4) is 0 Å². The summed E-state index contributed by atoms with van der Waals surface area (Å²) in [6.07, 6.45) is 10.7. The molecule has 1 aromatic carbocycles. The largest absolute Gasteiger partial charge is 0.506 e. The van der Waals surface area contributed by atoms with Gasteiger partial charge in [-0.2, -0.15) is 0 Å². The van der Waals surface area contributed by atoms with Crippen molar-refractivity contribution in [2.75, 3.05) is 6.54 Å². The SMILES string of the molecule is C=C[C@H](NC(=O)O[C@H]1CCC[C@@H]1CCCCCC(=N\O)/C(O)=C\c1ccccc1I)C(=O)N1CCC[C@H]1C(=O)N[C@]1(C(=O)NS(=O)(=O)C2CC2)C[C@H]1CC. The Labute approximate surface area is 330 Å². The number of aliphatic hydroxyl groups excluding tert-OH is 1. The number of hydrogen-bond acceptors (Lipinski definition) is 10. The topological polar surface area (TPSA) is 204 Å². The minimum Gasteiger partial charge on any atom is -0.506 e. The second-order valence-corrected chi connectivity index (χ2v) is 17.9. The Balaban J connectivity index is 1.08. The molecular weight excluding hydrogens is 829 g/mol. The zero-order valence-corrected chi connectivity index (χ0v) is 33.6. The Morgan fingerprint density at radius 2 is 1.87 bits per heavy atom. The first kappa shape index (κ1) is 41.5. The van der Waals surface area contributed by atoms with Crippen molar-refractivity contribution in [1.29, 1.82) is 0 Å². The molecule has 0 spiro atoms. The molecule has 0 radical (unpaired) electrons. The third-order valence-electron chi connectivity index (χ3n) is 11.1. The van der Waals surface area contributed by atoms with Gasteiger partial charge >= 0.3 is 6.09 Å². The third kappa shape index (κ3) is 10.1. The summed E-state index contributed by atoms with van der Waals surface area (Å²) in [6.45, 7) is 5.86. The predicted octanol–water partition coefficient (Wildman–Crippen LogP) is 5.30. The van der Waals surface area contributed by atoms with E-state index in [9.17, 15) is 37.9 Å². The van der Waals surface area contributed by atoms with Crippen molar-refractivity contribution in [3.05, 3.63) is 51.8 Å². The lowest BCUT2D eigenvalue weighted by Crippen LogP contribution is -2.58. The molecule has 5 rings (SSSR count). The molecule has 0 unspecified atom stereocenters. The highest BCUT2D eigenvalue weighted by Crippen LogP contribution is 2.47. The van der Waals surface area contributed by atoms with Crippen LogP contribution in [0, 0.1) is 15.4 Å². The van der Waals surface area contributed by atoms with Gasteiger partial charge in [0.15, 0.2) is 0 Å². The number of benzene rings is 1. The summed E-state index contributed by atoms with van der Waals surface area (Å²) in [5, 5.41) is 28.1. The number of nitrogens with zero attached hydrogens (tertiary/aromatic N) is 2. The van der Waals surface area contributed by atoms with E-state index in [-0.39, 0.29) is 36.0 Å². The minimum atomic E-state index is -3.80. The number of sulfonamides is 1. The van der Waals surface area contributed by atoms with E-state index < -0.39 is 56.7 Å². The second kappa shape index (κ2) is 18.3. The van der Waals surface area contributed by atoms with Crippen LogP contribution in [0.5, 0.6) is 0 Å². The lowest BCUT2D eigenvalue weighted by molar-refractivity contribution is -0.140. The fourth-order valence-corrected chi connectivity index (χ4v) is 9.62. The quantitative estimate of drug-likeness (QED) is 0.0247. The highest BCUT2D eigenvalue weighted by molar-refractivity contribution is 14.1. The number of unbranched alkanes of at least 4 members (excludes halogenated alkanes) is 2. The summed E-state index contributed by atoms with van der Waals surface area (Å²) in [5.41, 5.74) is -0.289. The molecule has 54 heavy (non-hydrogen) atoms. The van der Waals surface area contributed by atoms with Crippen LogP contribution in [0.25, 0.3) is 6.08 Å². The Kier molecular flexibility index (Phi) is 14.1. The maximum Gasteiger partial charge on any atom is 0.408 e. The molecule has 0 bridgehead atoms. The monoisotopic (exact) mass is 881 g/mol. The number of rotatable bonds is 18. The van der Waals surface area contributed by atoms with E-state index in [0.29, 0.717) is 57.8 Å². The van der Waals surface area contributed by atoms with Crippen LogP contribution in [0.15, 0.2) is 47.8 Å². The Bertz CT molecular complexity index is 1750. The van der Waals surface area contributed by atoms with E-state index in [1.165, 1.54) is 11.0 Å². The van der Waals surface area contributed by atoms with Crippen LogP contribution >= 0.6 is 22.6 Å². The van der Waals surface area contributed by atoms with Crippen molar-refractivity contribution in [2.45, 2.75) is 126 Å². The first-order chi connectivity index (χ1) is 25.8. The van der Waals surface area contributed by atoms with E-state index in [4.69, 9.17) is 4.74 Å². The molecule has 3 aliphatic carbocycles. The van der Waals surface area contributed by atoms with Crippen LogP contribution in [-0.4, -0.2) is 88.7 Å². The van der Waals surface area contributed by atoms with Crippen LogP contribution in [0.1, 0.15) is 102 Å². The number of carbonyl (C=O) groups is 4. The van der Waals surface area contributed by atoms with Gasteiger partial charge in [0.05, 0.1) is 5.25 Å². The molecule has 1 saturated heterocycles. The Hall–Kier alpha value is -3.67. The van der Waals surface area contributed by atoms with E-state index in [0.717, 1.165) is 41.2 Å². The molecule has 296 valence electrons. The number of allylic oxidation sites excluding steroid dienone is 1. The molecule has 1 aromatic rings. The van der Waals surface area contributed by atoms with Crippen molar-refractivity contribution in [3.63, 3.8) is 0 Å². The molecule has 0 aromatic heterocycles. The zero-order chi connectivity index (χ0) is 39.0. The average molecular weight is 882 g/mol. The average Bonchev–Trinajstić information content (AvgIpc) is 4.03. The number of likely N-dealkylation sites (tertiary alicyclic amines) is 1. The molecule has 3 saturated carbocycles. The lowest BCUT2D eigenvalue weighted by atomic mass is 9.97. The maximum atomic E-state index is 13.7. The number of hydrogen-bond donors (Lipinski definition) is 5. The number of halogens is 1. The number of aliphatic hydroxyl groups is 1. The molecule has 16 heteroatoms. The number of alkyl carbamates (subject to hydrolysis) is 1. The van der Waals surface area contributed by atoms with E-state index >= 15 is 0 Å². The number of nitrogens with one attached hydrogen (secondary N) is 3. The summed E-state index contributed by atoms with van der Waals surface area (Å²) >= 11 is 2.18. The van der Waals surface area contributed by atoms with Gasteiger partial charge in [-0.05, 0) is 123 Å². The standard InChI is InChI=1S/C38H52IN5O9S/c1-3-26-23-38(26,36(48)43-54(51,52)27-19-20-27)41-34(46)31-17-11-21-44(31)35(47)29(4-2)40-37(49)53-33-18-10-14-24(33)12-6-5-7-16-30(42-50)32(45)22-25-13-8-9-15-28(25)39/h4,8-9,13,15,22,24,26-27,29,31,33,45,50H,2-3,5-7,10-12,14,16-21,23H2,1H3,(H,40,49)(H,41,46)(H,43,48)/b32-22+,42-30+/t24-,26+,29-,31-,33-,38+/m0/s1. The van der Waals surface area contributed by atoms with Gasteiger partial charge in [-0.1, -0.05) is 55.6 Å². The van der Waals surface area contributed by atoms with Crippen LogP contribution in [0.3, 0.4) is 0 Å². The smallest absolute Gasteiger partial charge is 0.408 e. The zero-order valence-electron chi connectivity index (χ0n) is 30.7. The first-order valence-electron chi connectivity index (χ1n) is 19.0. The molecule has 1 heterocycles. The van der Waals surface area contributed by atoms with Crippen molar-refractivity contribution in [1.82, 2.24) is 20.3 Å². The summed E-state index contributed by atoms with van der Waals surface area (Å²) in [5.74, 6) is -1.95. The van der Waals surface area contributed by atoms with Crippen molar-refractivity contribution < 1.29 is 42.6 Å². The van der Waals surface area contributed by atoms with Gasteiger partial charge in [0, 0.05) is 10.1 Å².